The molecular formula is C18H20N2O4S. The molecule has 0 radical (unpaired) electrons. The third kappa shape index (κ3) is 3.57. The molecule has 1 aliphatic rings. The van der Waals surface area contributed by atoms with Gasteiger partial charge in [0.2, 0.25) is 10.0 Å². The molecule has 3 rings (SSSR count). The van der Waals surface area contributed by atoms with E-state index in [2.05, 4.69) is 10.8 Å². The number of sulfonamides is 1. The molecule has 1 unspecified atom stereocenters. The summed E-state index contributed by atoms with van der Waals surface area (Å²) >= 11 is 0. The third-order valence-corrected chi connectivity index (χ3v) is 6.18. The standard InChI is InChI=1S/C18H20N2O4S/c1-12-6-9-17(11-18(12)20(21)22)25(23,24)19-13(2)15-8-7-14-4-3-5-16(14)10-15/h6-11,13,19H,3-5H2,1-2H3. The maximum atomic E-state index is 12.6. The number of nitro benzene ring substituents is 1. The van der Waals surface area contributed by atoms with E-state index in [4.69, 9.17) is 0 Å². The molecule has 1 atom stereocenters. The molecule has 0 saturated carbocycles. The summed E-state index contributed by atoms with van der Waals surface area (Å²) in [4.78, 5) is 10.4. The first-order chi connectivity index (χ1) is 11.8. The van der Waals surface area contributed by atoms with E-state index in [1.54, 1.807) is 13.8 Å². The highest BCUT2D eigenvalue weighted by atomic mass is 32.2. The molecule has 2 aromatic carbocycles. The molecule has 0 aromatic heterocycles. The van der Waals surface area contributed by atoms with Crippen LogP contribution in [0.3, 0.4) is 0 Å². The van der Waals surface area contributed by atoms with Crippen LogP contribution in [-0.2, 0) is 22.9 Å². The minimum absolute atomic E-state index is 0.0992. The van der Waals surface area contributed by atoms with Crippen molar-refractivity contribution in [1.29, 1.82) is 0 Å². The molecule has 1 aliphatic carbocycles. The Kier molecular flexibility index (Phi) is 4.62. The topological polar surface area (TPSA) is 89.3 Å². The van der Waals surface area contributed by atoms with Crippen LogP contribution in [0, 0.1) is 17.0 Å². The van der Waals surface area contributed by atoms with Crippen molar-refractivity contribution in [3.05, 3.63) is 68.8 Å². The fourth-order valence-electron chi connectivity index (χ4n) is 3.18. The second-order valence-corrected chi connectivity index (χ2v) is 8.14. The summed E-state index contributed by atoms with van der Waals surface area (Å²) < 4.78 is 27.8. The van der Waals surface area contributed by atoms with Crippen LogP contribution in [0.15, 0.2) is 41.3 Å². The van der Waals surface area contributed by atoms with Gasteiger partial charge in [-0.2, -0.15) is 0 Å². The molecule has 1 N–H and O–H groups in total. The fourth-order valence-corrected chi connectivity index (χ4v) is 4.43. The van der Waals surface area contributed by atoms with Gasteiger partial charge in [-0.15, -0.1) is 0 Å². The minimum atomic E-state index is -3.85. The van der Waals surface area contributed by atoms with Crippen LogP contribution in [0.5, 0.6) is 0 Å². The number of benzene rings is 2. The minimum Gasteiger partial charge on any atom is -0.258 e. The highest BCUT2D eigenvalue weighted by Gasteiger charge is 2.23. The zero-order valence-corrected chi connectivity index (χ0v) is 15.0. The second-order valence-electron chi connectivity index (χ2n) is 6.43. The van der Waals surface area contributed by atoms with E-state index < -0.39 is 21.0 Å². The van der Waals surface area contributed by atoms with E-state index in [9.17, 15) is 18.5 Å². The molecule has 0 aliphatic heterocycles. The largest absolute Gasteiger partial charge is 0.273 e. The van der Waals surface area contributed by atoms with Gasteiger partial charge in [-0.3, -0.25) is 10.1 Å². The molecular weight excluding hydrogens is 340 g/mol. The van der Waals surface area contributed by atoms with E-state index in [1.165, 1.54) is 23.3 Å². The summed E-state index contributed by atoms with van der Waals surface area (Å²) in [6.45, 7) is 3.35. The van der Waals surface area contributed by atoms with Gasteiger partial charge in [0.25, 0.3) is 5.69 Å². The lowest BCUT2D eigenvalue weighted by Gasteiger charge is -2.16. The van der Waals surface area contributed by atoms with Gasteiger partial charge in [0.15, 0.2) is 0 Å². The summed E-state index contributed by atoms with van der Waals surface area (Å²) in [6, 6.07) is 9.57. The summed E-state index contributed by atoms with van der Waals surface area (Å²) in [7, 11) is -3.85. The number of rotatable bonds is 5. The number of nitrogens with zero attached hydrogens (tertiary/aromatic N) is 1. The number of nitrogens with one attached hydrogen (secondary N) is 1. The predicted octanol–water partition coefficient (Wildman–Crippen LogP) is 3.43. The highest BCUT2D eigenvalue weighted by Crippen LogP contribution is 2.27. The first kappa shape index (κ1) is 17.6. The summed E-state index contributed by atoms with van der Waals surface area (Å²) in [5, 5.41) is 11.0. The Bertz CT molecular complexity index is 938. The molecule has 0 spiro atoms. The van der Waals surface area contributed by atoms with Gasteiger partial charge in [-0.25, -0.2) is 13.1 Å². The quantitative estimate of drug-likeness (QED) is 0.653. The van der Waals surface area contributed by atoms with Gasteiger partial charge in [0.1, 0.15) is 0 Å². The summed E-state index contributed by atoms with van der Waals surface area (Å²) in [5.74, 6) is 0. The monoisotopic (exact) mass is 360 g/mol. The van der Waals surface area contributed by atoms with Crippen molar-refractivity contribution in [2.45, 2.75) is 44.0 Å². The number of fused-ring (bicyclic) bond motifs is 1. The lowest BCUT2D eigenvalue weighted by atomic mass is 10.0. The van der Waals surface area contributed by atoms with Crippen molar-refractivity contribution in [3.8, 4) is 0 Å². The van der Waals surface area contributed by atoms with Gasteiger partial charge in [0.05, 0.1) is 9.82 Å². The van der Waals surface area contributed by atoms with Crippen LogP contribution in [0.25, 0.3) is 0 Å². The van der Waals surface area contributed by atoms with E-state index in [0.717, 1.165) is 30.9 Å². The first-order valence-electron chi connectivity index (χ1n) is 8.17. The maximum absolute atomic E-state index is 12.6. The first-order valence-corrected chi connectivity index (χ1v) is 9.65. The van der Waals surface area contributed by atoms with Crippen LogP contribution < -0.4 is 4.72 Å². The summed E-state index contributed by atoms with van der Waals surface area (Å²) in [6.07, 6.45) is 3.22. The predicted molar refractivity (Wildman–Crippen MR) is 95.0 cm³/mol. The van der Waals surface area contributed by atoms with Crippen LogP contribution >= 0.6 is 0 Å². The van der Waals surface area contributed by atoms with Gasteiger partial charge < -0.3 is 0 Å². The van der Waals surface area contributed by atoms with E-state index in [-0.39, 0.29) is 10.6 Å². The molecule has 132 valence electrons. The van der Waals surface area contributed by atoms with Crippen molar-refractivity contribution < 1.29 is 13.3 Å². The van der Waals surface area contributed by atoms with Crippen LogP contribution in [-0.4, -0.2) is 13.3 Å². The average Bonchev–Trinajstić information content (AvgIpc) is 3.01. The smallest absolute Gasteiger partial charge is 0.258 e. The van der Waals surface area contributed by atoms with Gasteiger partial charge in [-0.05, 0) is 55.9 Å². The van der Waals surface area contributed by atoms with E-state index in [0.29, 0.717) is 5.56 Å². The van der Waals surface area contributed by atoms with Crippen LogP contribution in [0.1, 0.15) is 41.6 Å². The number of hydrogen-bond donors (Lipinski definition) is 1. The van der Waals surface area contributed by atoms with Crippen molar-refractivity contribution in [2.75, 3.05) is 0 Å². The number of hydrogen-bond acceptors (Lipinski definition) is 4. The van der Waals surface area contributed by atoms with Gasteiger partial charge in [-0.1, -0.05) is 24.3 Å². The molecule has 0 fully saturated rings. The lowest BCUT2D eigenvalue weighted by Crippen LogP contribution is -2.27. The highest BCUT2D eigenvalue weighted by molar-refractivity contribution is 7.89. The van der Waals surface area contributed by atoms with Crippen LogP contribution in [0.4, 0.5) is 5.69 Å². The zero-order valence-electron chi connectivity index (χ0n) is 14.2. The molecule has 6 nitrogen and oxygen atoms in total. The normalized spacial score (nSPS) is 15.0. The zero-order chi connectivity index (χ0) is 18.2. The maximum Gasteiger partial charge on any atom is 0.273 e. The Hall–Kier alpha value is -2.25. The van der Waals surface area contributed by atoms with Crippen LogP contribution in [0.2, 0.25) is 0 Å². The molecule has 0 amide bonds. The molecule has 0 saturated heterocycles. The number of nitro groups is 1. The van der Waals surface area contributed by atoms with E-state index >= 15 is 0 Å². The van der Waals surface area contributed by atoms with Crippen molar-refractivity contribution in [1.82, 2.24) is 4.72 Å². The fraction of sp³-hybridized carbons (Fsp3) is 0.333. The van der Waals surface area contributed by atoms with Gasteiger partial charge in [0, 0.05) is 17.7 Å². The molecule has 7 heteroatoms. The Morgan fingerprint density at radius 2 is 1.84 bits per heavy atom. The third-order valence-electron chi connectivity index (χ3n) is 4.64. The molecule has 2 aromatic rings. The summed E-state index contributed by atoms with van der Waals surface area (Å²) in [5.41, 5.74) is 3.72. The second kappa shape index (κ2) is 6.57. The SMILES string of the molecule is Cc1ccc(S(=O)(=O)NC(C)c2ccc3c(c2)CCC3)cc1[N+](=O)[O-]. The number of aryl methyl sites for hydroxylation is 3. The van der Waals surface area contributed by atoms with E-state index in [1.807, 2.05) is 12.1 Å². The Morgan fingerprint density at radius 1 is 1.12 bits per heavy atom. The molecule has 0 bridgehead atoms. The average molecular weight is 360 g/mol. The Balaban J connectivity index is 1.86. The molecule has 25 heavy (non-hydrogen) atoms. The molecule has 0 heterocycles. The van der Waals surface area contributed by atoms with Crippen molar-refractivity contribution in [2.24, 2.45) is 0 Å². The van der Waals surface area contributed by atoms with Crippen molar-refractivity contribution >= 4 is 15.7 Å². The lowest BCUT2D eigenvalue weighted by molar-refractivity contribution is -0.385. The Labute approximate surface area is 147 Å². The van der Waals surface area contributed by atoms with Gasteiger partial charge >= 0.3 is 0 Å². The van der Waals surface area contributed by atoms with Crippen molar-refractivity contribution in [3.63, 3.8) is 0 Å². The Morgan fingerprint density at radius 3 is 2.56 bits per heavy atom.